The molecule has 4 rings (SSSR count). The van der Waals surface area contributed by atoms with Crippen molar-refractivity contribution in [3.8, 4) is 0 Å². The number of rotatable bonds is 8. The van der Waals surface area contributed by atoms with Crippen molar-refractivity contribution in [3.05, 3.63) is 70.8 Å². The number of fused-ring (bicyclic) bond motifs is 1. The first kappa shape index (κ1) is 29.4. The quantitative estimate of drug-likeness (QED) is 0.425. The summed E-state index contributed by atoms with van der Waals surface area (Å²) < 4.78 is 91.8. The highest BCUT2D eigenvalue weighted by molar-refractivity contribution is 5.85. The highest BCUT2D eigenvalue weighted by atomic mass is 19.4. The van der Waals surface area contributed by atoms with E-state index in [0.29, 0.717) is 0 Å². The molecule has 1 saturated carbocycles. The summed E-state index contributed by atoms with van der Waals surface area (Å²) in [5.41, 5.74) is -2.03. The molecule has 2 fully saturated rings. The van der Waals surface area contributed by atoms with Crippen molar-refractivity contribution in [2.45, 2.75) is 95.7 Å². The molecule has 1 unspecified atom stereocenters. The molecule has 1 aliphatic carbocycles. The molecule has 2 aliphatic rings. The maximum atomic E-state index is 14.3. The van der Waals surface area contributed by atoms with Gasteiger partial charge in [-0.2, -0.15) is 13.2 Å². The van der Waals surface area contributed by atoms with Crippen LogP contribution in [0.2, 0.25) is 0 Å². The number of carbonyl (C=O) groups excluding carboxylic acids is 1. The van der Waals surface area contributed by atoms with Gasteiger partial charge in [-0.15, -0.1) is 0 Å². The second-order valence-corrected chi connectivity index (χ2v) is 10.7. The van der Waals surface area contributed by atoms with Crippen LogP contribution in [0.4, 0.5) is 22.0 Å². The Kier molecular flexibility index (Phi) is 8.37. The van der Waals surface area contributed by atoms with Crippen LogP contribution in [0.15, 0.2) is 42.5 Å². The van der Waals surface area contributed by atoms with Crippen LogP contribution in [0, 0.1) is 11.6 Å². The SMILES string of the molecule is CC(C)NC(=O)[C@@]1(OCc2cccc(C(F)(F)F)c2)CC(OCc2ccc(F)cc2F)[C@@H]2OC(C)(C)O[C@@H]2C1. The van der Waals surface area contributed by atoms with Gasteiger partial charge in [-0.1, -0.05) is 18.2 Å². The van der Waals surface area contributed by atoms with Crippen molar-refractivity contribution in [1.29, 1.82) is 0 Å². The molecule has 1 N–H and O–H groups in total. The van der Waals surface area contributed by atoms with E-state index in [1.165, 1.54) is 18.2 Å². The normalized spacial score (nSPS) is 26.5. The Hall–Kier alpha value is -2.60. The van der Waals surface area contributed by atoms with E-state index in [2.05, 4.69) is 5.32 Å². The largest absolute Gasteiger partial charge is 0.416 e. The number of amides is 1. The van der Waals surface area contributed by atoms with Crippen LogP contribution < -0.4 is 5.32 Å². The summed E-state index contributed by atoms with van der Waals surface area (Å²) in [7, 11) is 0. The highest BCUT2D eigenvalue weighted by Gasteiger charge is 2.58. The molecule has 11 heteroatoms. The summed E-state index contributed by atoms with van der Waals surface area (Å²) in [4.78, 5) is 13.6. The van der Waals surface area contributed by atoms with E-state index in [4.69, 9.17) is 18.9 Å². The highest BCUT2D eigenvalue weighted by Crippen LogP contribution is 2.44. The lowest BCUT2D eigenvalue weighted by atomic mass is 9.78. The van der Waals surface area contributed by atoms with Gasteiger partial charge < -0.3 is 24.3 Å². The molecular weight excluding hydrogens is 525 g/mol. The minimum atomic E-state index is -4.53. The molecule has 4 atom stereocenters. The Labute approximate surface area is 223 Å². The topological polar surface area (TPSA) is 66.0 Å². The molecule has 0 aromatic heterocycles. The fourth-order valence-corrected chi connectivity index (χ4v) is 5.00. The van der Waals surface area contributed by atoms with Crippen molar-refractivity contribution >= 4 is 5.91 Å². The fraction of sp³-hybridized carbons (Fsp3) is 0.536. The van der Waals surface area contributed by atoms with E-state index in [0.717, 1.165) is 24.3 Å². The molecule has 39 heavy (non-hydrogen) atoms. The summed E-state index contributed by atoms with van der Waals surface area (Å²) in [6, 6.07) is 7.57. The first-order chi connectivity index (χ1) is 18.2. The minimum absolute atomic E-state index is 0.0338. The van der Waals surface area contributed by atoms with Crippen molar-refractivity contribution in [3.63, 3.8) is 0 Å². The Morgan fingerprint density at radius 2 is 1.82 bits per heavy atom. The number of carbonyl (C=O) groups is 1. The first-order valence-corrected chi connectivity index (χ1v) is 12.7. The van der Waals surface area contributed by atoms with Crippen molar-refractivity contribution < 1.29 is 45.7 Å². The van der Waals surface area contributed by atoms with Gasteiger partial charge >= 0.3 is 6.18 Å². The average Bonchev–Trinajstić information content (AvgIpc) is 3.15. The van der Waals surface area contributed by atoms with E-state index in [-0.39, 0.29) is 43.2 Å². The zero-order valence-electron chi connectivity index (χ0n) is 22.1. The summed E-state index contributed by atoms with van der Waals surface area (Å²) in [5.74, 6) is -2.99. The number of alkyl halides is 3. The monoisotopic (exact) mass is 557 g/mol. The van der Waals surface area contributed by atoms with Crippen LogP contribution >= 0.6 is 0 Å². The van der Waals surface area contributed by atoms with Gasteiger partial charge in [-0.05, 0) is 51.5 Å². The molecule has 0 spiro atoms. The summed E-state index contributed by atoms with van der Waals surface area (Å²) in [6.07, 6.45) is -6.60. The van der Waals surface area contributed by atoms with Gasteiger partial charge in [0.2, 0.25) is 0 Å². The van der Waals surface area contributed by atoms with E-state index < -0.39 is 59.0 Å². The average molecular weight is 558 g/mol. The third-order valence-corrected chi connectivity index (χ3v) is 6.72. The van der Waals surface area contributed by atoms with E-state index in [9.17, 15) is 26.7 Å². The Bertz CT molecular complexity index is 1190. The number of halogens is 5. The van der Waals surface area contributed by atoms with Crippen molar-refractivity contribution in [2.75, 3.05) is 0 Å². The van der Waals surface area contributed by atoms with Gasteiger partial charge in [-0.25, -0.2) is 8.78 Å². The standard InChI is InChI=1S/C28H32F5NO5/c1-16(2)34-25(35)27(37-14-17-6-5-7-19(10-17)28(31,32)33)12-22(24-23(13-27)38-26(3,4)39-24)36-15-18-8-9-20(29)11-21(18)30/h5-11,16,22-24H,12-15H2,1-4H3,(H,34,35)/t22?,23-,24+,27-/m1/s1. The first-order valence-electron chi connectivity index (χ1n) is 12.7. The molecule has 2 aromatic rings. The fourth-order valence-electron chi connectivity index (χ4n) is 5.00. The summed E-state index contributed by atoms with van der Waals surface area (Å²) >= 11 is 0. The van der Waals surface area contributed by atoms with E-state index >= 15 is 0 Å². The Morgan fingerprint density at radius 1 is 1.08 bits per heavy atom. The second-order valence-electron chi connectivity index (χ2n) is 10.7. The molecule has 214 valence electrons. The zero-order valence-corrected chi connectivity index (χ0v) is 22.1. The maximum absolute atomic E-state index is 14.3. The molecule has 1 saturated heterocycles. The lowest BCUT2D eigenvalue weighted by Gasteiger charge is -2.43. The lowest BCUT2D eigenvalue weighted by Crippen LogP contribution is -2.60. The predicted octanol–water partition coefficient (Wildman–Crippen LogP) is 5.66. The zero-order chi connectivity index (χ0) is 28.6. The van der Waals surface area contributed by atoms with Gasteiger partial charge in [0.25, 0.3) is 5.91 Å². The van der Waals surface area contributed by atoms with Gasteiger partial charge in [0, 0.05) is 30.5 Å². The number of ether oxygens (including phenoxy) is 4. The van der Waals surface area contributed by atoms with Crippen molar-refractivity contribution in [1.82, 2.24) is 5.32 Å². The molecule has 6 nitrogen and oxygen atoms in total. The lowest BCUT2D eigenvalue weighted by molar-refractivity contribution is -0.184. The number of hydrogen-bond acceptors (Lipinski definition) is 5. The third kappa shape index (κ3) is 6.95. The van der Waals surface area contributed by atoms with Crippen LogP contribution in [0.25, 0.3) is 0 Å². The molecule has 1 amide bonds. The van der Waals surface area contributed by atoms with Crippen molar-refractivity contribution in [2.24, 2.45) is 0 Å². The molecule has 0 radical (unpaired) electrons. The molecule has 1 heterocycles. The van der Waals surface area contributed by atoms with Crippen LogP contribution in [0.3, 0.4) is 0 Å². The van der Waals surface area contributed by atoms with Gasteiger partial charge in [0.05, 0.1) is 31.0 Å². The Morgan fingerprint density at radius 3 is 2.49 bits per heavy atom. The molecule has 0 bridgehead atoms. The summed E-state index contributed by atoms with van der Waals surface area (Å²) in [6.45, 7) is 6.44. The Balaban J connectivity index is 1.63. The maximum Gasteiger partial charge on any atom is 0.416 e. The number of nitrogens with one attached hydrogen (secondary N) is 1. The smallest absolute Gasteiger partial charge is 0.370 e. The molecule has 1 aliphatic heterocycles. The van der Waals surface area contributed by atoms with Crippen LogP contribution in [-0.2, 0) is 43.1 Å². The van der Waals surface area contributed by atoms with Crippen LogP contribution in [0.1, 0.15) is 57.2 Å². The number of benzene rings is 2. The number of hydrogen-bond donors (Lipinski definition) is 1. The van der Waals surface area contributed by atoms with Gasteiger partial charge in [0.15, 0.2) is 11.4 Å². The molecular formula is C28H32F5NO5. The molecule has 2 aromatic carbocycles. The summed E-state index contributed by atoms with van der Waals surface area (Å²) in [5, 5.41) is 2.84. The van der Waals surface area contributed by atoms with Gasteiger partial charge in [0.1, 0.15) is 17.7 Å². The van der Waals surface area contributed by atoms with Crippen LogP contribution in [-0.4, -0.2) is 41.6 Å². The van der Waals surface area contributed by atoms with Gasteiger partial charge in [-0.3, -0.25) is 4.79 Å². The minimum Gasteiger partial charge on any atom is -0.370 e. The second kappa shape index (κ2) is 11.1. The van der Waals surface area contributed by atoms with E-state index in [1.54, 1.807) is 27.7 Å². The van der Waals surface area contributed by atoms with Crippen LogP contribution in [0.5, 0.6) is 0 Å². The van der Waals surface area contributed by atoms with E-state index in [1.807, 2.05) is 0 Å². The third-order valence-electron chi connectivity index (χ3n) is 6.72. The predicted molar refractivity (Wildman–Crippen MR) is 130 cm³/mol.